The predicted molar refractivity (Wildman–Crippen MR) is 145 cm³/mol. The minimum atomic E-state index is -0.364. The molecule has 1 saturated heterocycles. The number of hydrogen-bond donors (Lipinski definition) is 1. The zero-order valence-corrected chi connectivity index (χ0v) is 21.4. The van der Waals surface area contributed by atoms with Crippen LogP contribution in [-0.4, -0.2) is 54.3 Å². The topological polar surface area (TPSA) is 89.5 Å². The first-order chi connectivity index (χ1) is 18.1. The van der Waals surface area contributed by atoms with Crippen LogP contribution in [0.25, 0.3) is 22.0 Å². The van der Waals surface area contributed by atoms with Gasteiger partial charge < -0.3 is 19.7 Å². The second-order valence-corrected chi connectivity index (χ2v) is 9.09. The van der Waals surface area contributed by atoms with Gasteiger partial charge in [0, 0.05) is 54.6 Å². The van der Waals surface area contributed by atoms with Crippen molar-refractivity contribution in [1.82, 2.24) is 15.0 Å². The lowest BCUT2D eigenvalue weighted by Crippen LogP contribution is -2.40. The molecule has 0 atom stereocenters. The Kier molecular flexibility index (Phi) is 7.16. The van der Waals surface area contributed by atoms with Gasteiger partial charge in [-0.05, 0) is 60.7 Å². The standard InChI is InChI=1S/C29H31N5O3/c1-4-27-30-13-9-25(33-27)20-16-19-7-8-22(36-2)18-24(19)26(17-20)32-21-10-14-34(15-11-21)28-23(29(35)37-3)6-5-12-31-28/h5-9,12-13,16-18,21,32H,4,10-11,14-15H2,1-3H3. The van der Waals surface area contributed by atoms with Crippen molar-refractivity contribution in [3.63, 3.8) is 0 Å². The predicted octanol–water partition coefficient (Wildman–Crippen LogP) is 5.13. The van der Waals surface area contributed by atoms with Gasteiger partial charge in [0.2, 0.25) is 0 Å². The number of anilines is 2. The maximum absolute atomic E-state index is 12.2. The van der Waals surface area contributed by atoms with Crippen LogP contribution in [0.2, 0.25) is 0 Å². The highest BCUT2D eigenvalue weighted by molar-refractivity contribution is 5.98. The summed E-state index contributed by atoms with van der Waals surface area (Å²) in [6.45, 7) is 3.63. The quantitative estimate of drug-likeness (QED) is 0.352. The van der Waals surface area contributed by atoms with Crippen LogP contribution in [0, 0.1) is 0 Å². The summed E-state index contributed by atoms with van der Waals surface area (Å²) in [6.07, 6.45) is 6.13. The van der Waals surface area contributed by atoms with E-state index < -0.39 is 0 Å². The number of hydrogen-bond acceptors (Lipinski definition) is 8. The van der Waals surface area contributed by atoms with E-state index in [1.807, 2.05) is 18.3 Å². The fraction of sp³-hybridized carbons (Fsp3) is 0.310. The summed E-state index contributed by atoms with van der Waals surface area (Å²) >= 11 is 0. The molecule has 0 amide bonds. The van der Waals surface area contributed by atoms with Crippen LogP contribution in [0.3, 0.4) is 0 Å². The monoisotopic (exact) mass is 497 g/mol. The molecular formula is C29H31N5O3. The number of methoxy groups -OCH3 is 2. The number of rotatable bonds is 7. The molecule has 4 aromatic rings. The van der Waals surface area contributed by atoms with Crippen molar-refractivity contribution in [2.75, 3.05) is 37.5 Å². The fourth-order valence-electron chi connectivity index (χ4n) is 4.84. The Hall–Kier alpha value is -4.20. The lowest BCUT2D eigenvalue weighted by Gasteiger charge is -2.34. The number of aryl methyl sites for hydroxylation is 1. The number of esters is 1. The summed E-state index contributed by atoms with van der Waals surface area (Å²) < 4.78 is 10.5. The molecule has 190 valence electrons. The number of nitrogens with zero attached hydrogens (tertiary/aromatic N) is 4. The number of pyridine rings is 1. The van der Waals surface area contributed by atoms with E-state index in [2.05, 4.69) is 51.4 Å². The molecule has 5 rings (SSSR count). The summed E-state index contributed by atoms with van der Waals surface area (Å²) in [7, 11) is 3.08. The summed E-state index contributed by atoms with van der Waals surface area (Å²) in [6, 6.07) is 16.2. The largest absolute Gasteiger partial charge is 0.497 e. The molecule has 0 unspecified atom stereocenters. The van der Waals surface area contributed by atoms with E-state index in [0.717, 1.165) is 71.6 Å². The van der Waals surface area contributed by atoms with E-state index in [4.69, 9.17) is 14.5 Å². The highest BCUT2D eigenvalue weighted by Crippen LogP contribution is 2.34. The third-order valence-corrected chi connectivity index (χ3v) is 6.83. The highest BCUT2D eigenvalue weighted by Gasteiger charge is 2.24. The molecule has 1 aliphatic rings. The summed E-state index contributed by atoms with van der Waals surface area (Å²) in [4.78, 5) is 28.0. The molecule has 1 fully saturated rings. The van der Waals surface area contributed by atoms with E-state index in [-0.39, 0.29) is 12.0 Å². The van der Waals surface area contributed by atoms with E-state index in [1.54, 1.807) is 25.4 Å². The van der Waals surface area contributed by atoms with Gasteiger partial charge in [0.25, 0.3) is 0 Å². The average Bonchev–Trinajstić information content (AvgIpc) is 2.96. The third-order valence-electron chi connectivity index (χ3n) is 6.83. The average molecular weight is 498 g/mol. The normalized spacial score (nSPS) is 14.0. The minimum absolute atomic E-state index is 0.266. The van der Waals surface area contributed by atoms with Crippen LogP contribution in [0.1, 0.15) is 35.9 Å². The fourth-order valence-corrected chi connectivity index (χ4v) is 4.84. The molecule has 0 aliphatic carbocycles. The number of benzene rings is 2. The van der Waals surface area contributed by atoms with E-state index in [1.165, 1.54) is 7.11 Å². The number of ether oxygens (including phenoxy) is 2. The van der Waals surface area contributed by atoms with Crippen LogP contribution in [0.5, 0.6) is 5.75 Å². The molecule has 2 aromatic carbocycles. The smallest absolute Gasteiger partial charge is 0.341 e. The highest BCUT2D eigenvalue weighted by atomic mass is 16.5. The molecule has 0 spiro atoms. The molecule has 8 heteroatoms. The molecule has 0 saturated carbocycles. The SMILES string of the molecule is CCc1nccc(-c2cc(NC3CCN(c4ncccc4C(=O)OC)CC3)c3cc(OC)ccc3c2)n1. The Balaban J connectivity index is 1.41. The molecule has 2 aromatic heterocycles. The molecule has 8 nitrogen and oxygen atoms in total. The van der Waals surface area contributed by atoms with E-state index >= 15 is 0 Å². The zero-order valence-electron chi connectivity index (χ0n) is 21.4. The van der Waals surface area contributed by atoms with Crippen LogP contribution in [0.4, 0.5) is 11.5 Å². The molecule has 0 radical (unpaired) electrons. The lowest BCUT2D eigenvalue weighted by atomic mass is 9.99. The van der Waals surface area contributed by atoms with Crippen molar-refractivity contribution in [2.45, 2.75) is 32.2 Å². The van der Waals surface area contributed by atoms with Gasteiger partial charge >= 0.3 is 5.97 Å². The lowest BCUT2D eigenvalue weighted by molar-refractivity contribution is 0.0601. The van der Waals surface area contributed by atoms with Gasteiger partial charge in [-0.2, -0.15) is 0 Å². The first kappa shape index (κ1) is 24.5. The maximum Gasteiger partial charge on any atom is 0.341 e. The van der Waals surface area contributed by atoms with Gasteiger partial charge in [-0.3, -0.25) is 0 Å². The number of aromatic nitrogens is 3. The number of nitrogens with one attached hydrogen (secondary N) is 1. The molecule has 1 aliphatic heterocycles. The van der Waals surface area contributed by atoms with Crippen molar-refractivity contribution in [2.24, 2.45) is 0 Å². The molecule has 37 heavy (non-hydrogen) atoms. The van der Waals surface area contributed by atoms with Crippen molar-refractivity contribution < 1.29 is 14.3 Å². The molecule has 3 heterocycles. The van der Waals surface area contributed by atoms with Crippen molar-refractivity contribution in [1.29, 1.82) is 0 Å². The minimum Gasteiger partial charge on any atom is -0.497 e. The van der Waals surface area contributed by atoms with Gasteiger partial charge in [-0.1, -0.05) is 13.0 Å². The summed E-state index contributed by atoms with van der Waals surface area (Å²) in [5.74, 6) is 1.96. The third kappa shape index (κ3) is 5.18. The summed E-state index contributed by atoms with van der Waals surface area (Å²) in [5, 5.41) is 6.02. The molecule has 0 bridgehead atoms. The van der Waals surface area contributed by atoms with Gasteiger partial charge in [0.15, 0.2) is 0 Å². The Bertz CT molecular complexity index is 1420. The van der Waals surface area contributed by atoms with Gasteiger partial charge in [0.1, 0.15) is 23.0 Å². The second kappa shape index (κ2) is 10.8. The molecular weight excluding hydrogens is 466 g/mol. The van der Waals surface area contributed by atoms with Crippen molar-refractivity contribution in [3.05, 3.63) is 72.3 Å². The van der Waals surface area contributed by atoms with E-state index in [0.29, 0.717) is 11.4 Å². The Morgan fingerprint density at radius 1 is 1.05 bits per heavy atom. The number of piperidine rings is 1. The molecule has 1 N–H and O–H groups in total. The number of fused-ring (bicyclic) bond motifs is 1. The Morgan fingerprint density at radius 2 is 1.89 bits per heavy atom. The first-order valence-corrected chi connectivity index (χ1v) is 12.6. The Morgan fingerprint density at radius 3 is 2.65 bits per heavy atom. The number of carbonyl (C=O) groups excluding carboxylic acids is 1. The summed E-state index contributed by atoms with van der Waals surface area (Å²) in [5.41, 5.74) is 3.51. The van der Waals surface area contributed by atoms with Gasteiger partial charge in [0.05, 0.1) is 19.9 Å². The van der Waals surface area contributed by atoms with Crippen LogP contribution >= 0.6 is 0 Å². The number of carbonyl (C=O) groups is 1. The maximum atomic E-state index is 12.2. The second-order valence-electron chi connectivity index (χ2n) is 9.09. The van der Waals surface area contributed by atoms with Gasteiger partial charge in [-0.25, -0.2) is 19.7 Å². The van der Waals surface area contributed by atoms with E-state index in [9.17, 15) is 4.79 Å². The van der Waals surface area contributed by atoms with Crippen molar-refractivity contribution in [3.8, 4) is 17.0 Å². The Labute approximate surface area is 216 Å². The van der Waals surface area contributed by atoms with Gasteiger partial charge in [-0.15, -0.1) is 0 Å². The van der Waals surface area contributed by atoms with Crippen LogP contribution in [0.15, 0.2) is 60.9 Å². The van der Waals surface area contributed by atoms with Crippen LogP contribution < -0.4 is 15.0 Å². The van der Waals surface area contributed by atoms with Crippen molar-refractivity contribution >= 4 is 28.2 Å². The van der Waals surface area contributed by atoms with Crippen LogP contribution in [-0.2, 0) is 11.2 Å². The zero-order chi connectivity index (χ0) is 25.8. The first-order valence-electron chi connectivity index (χ1n) is 12.6.